The van der Waals surface area contributed by atoms with Gasteiger partial charge in [0.15, 0.2) is 5.82 Å². The van der Waals surface area contributed by atoms with E-state index in [1.54, 1.807) is 41.1 Å². The number of hydrogen-bond donors (Lipinski definition) is 1. The minimum atomic E-state index is -0.332. The summed E-state index contributed by atoms with van der Waals surface area (Å²) in [4.78, 5) is 26.9. The molecular formula is C30H27Cl2N5O3. The van der Waals surface area contributed by atoms with Crippen LogP contribution in [0.1, 0.15) is 30.8 Å². The Morgan fingerprint density at radius 2 is 1.70 bits per heavy atom. The molecule has 0 amide bonds. The Bertz CT molecular complexity index is 1850. The molecule has 0 aliphatic heterocycles. The lowest BCUT2D eigenvalue weighted by atomic mass is 10.0. The van der Waals surface area contributed by atoms with Crippen LogP contribution >= 0.6 is 23.2 Å². The maximum Gasteiger partial charge on any atom is 0.350 e. The van der Waals surface area contributed by atoms with Gasteiger partial charge in [0.05, 0.1) is 28.0 Å². The molecule has 0 atom stereocenters. The number of aromatic nitrogens is 4. The van der Waals surface area contributed by atoms with Crippen molar-refractivity contribution in [2.24, 2.45) is 0 Å². The third kappa shape index (κ3) is 5.09. The van der Waals surface area contributed by atoms with Gasteiger partial charge in [-0.25, -0.2) is 4.79 Å². The predicted molar refractivity (Wildman–Crippen MR) is 161 cm³/mol. The van der Waals surface area contributed by atoms with Crippen molar-refractivity contribution in [1.29, 1.82) is 0 Å². The van der Waals surface area contributed by atoms with E-state index in [0.29, 0.717) is 57.9 Å². The number of rotatable bonds is 8. The van der Waals surface area contributed by atoms with Gasteiger partial charge in [-0.1, -0.05) is 60.1 Å². The van der Waals surface area contributed by atoms with Crippen LogP contribution in [0.4, 0.5) is 5.69 Å². The molecule has 0 saturated carbocycles. The molecule has 2 aromatic heterocycles. The number of halogens is 2. The molecule has 0 aliphatic rings. The molecule has 0 saturated heterocycles. The lowest BCUT2D eigenvalue weighted by molar-refractivity contribution is 0.0989. The van der Waals surface area contributed by atoms with Crippen molar-refractivity contribution in [3.05, 3.63) is 121 Å². The Morgan fingerprint density at radius 1 is 1.00 bits per heavy atom. The lowest BCUT2D eigenvalue weighted by Crippen LogP contribution is -2.24. The molecule has 0 radical (unpaired) electrons. The number of nitrogens with two attached hydrogens (primary N) is 1. The van der Waals surface area contributed by atoms with Crippen LogP contribution in [0.3, 0.4) is 0 Å². The van der Waals surface area contributed by atoms with Crippen molar-refractivity contribution in [1.82, 2.24) is 18.9 Å². The zero-order valence-corrected chi connectivity index (χ0v) is 23.5. The van der Waals surface area contributed by atoms with Crippen LogP contribution in [0.5, 0.6) is 0 Å². The second-order valence-corrected chi connectivity index (χ2v) is 10.2. The van der Waals surface area contributed by atoms with Gasteiger partial charge in [0.2, 0.25) is 0 Å². The van der Waals surface area contributed by atoms with Crippen LogP contribution in [0.2, 0.25) is 10.0 Å². The third-order valence-corrected chi connectivity index (χ3v) is 7.16. The molecule has 2 N–H and O–H groups in total. The fourth-order valence-electron chi connectivity index (χ4n) is 4.65. The average Bonchev–Trinajstić information content (AvgIpc) is 3.24. The third-order valence-electron chi connectivity index (χ3n) is 6.58. The summed E-state index contributed by atoms with van der Waals surface area (Å²) in [6, 6.07) is 18.0. The number of fused-ring (bicyclic) bond motifs is 1. The van der Waals surface area contributed by atoms with E-state index in [2.05, 4.69) is 11.7 Å². The fourth-order valence-corrected chi connectivity index (χ4v) is 5.33. The second kappa shape index (κ2) is 11.2. The van der Waals surface area contributed by atoms with E-state index in [9.17, 15) is 9.59 Å². The van der Waals surface area contributed by atoms with Gasteiger partial charge in [-0.15, -0.1) is 5.10 Å². The van der Waals surface area contributed by atoms with Crippen LogP contribution in [0.15, 0.2) is 83.0 Å². The topological polar surface area (TPSA) is 97.1 Å². The minimum absolute atomic E-state index is 0.170. The molecule has 3 aromatic carbocycles. The molecule has 204 valence electrons. The van der Waals surface area contributed by atoms with Crippen molar-refractivity contribution in [3.63, 3.8) is 0 Å². The van der Waals surface area contributed by atoms with E-state index < -0.39 is 0 Å². The highest BCUT2D eigenvalue weighted by molar-refractivity contribution is 6.38. The Labute approximate surface area is 240 Å². The Kier molecular flexibility index (Phi) is 7.67. The van der Waals surface area contributed by atoms with Crippen molar-refractivity contribution in [3.8, 4) is 11.4 Å². The van der Waals surface area contributed by atoms with E-state index in [4.69, 9.17) is 33.7 Å². The summed E-state index contributed by atoms with van der Waals surface area (Å²) in [5.41, 5.74) is 8.88. The highest BCUT2D eigenvalue weighted by atomic mass is 35.5. The molecular weight excluding hydrogens is 549 g/mol. The van der Waals surface area contributed by atoms with Gasteiger partial charge in [0.25, 0.3) is 5.56 Å². The van der Waals surface area contributed by atoms with Gasteiger partial charge in [0, 0.05) is 29.4 Å². The summed E-state index contributed by atoms with van der Waals surface area (Å²) in [6.07, 6.45) is 1.65. The van der Waals surface area contributed by atoms with Crippen molar-refractivity contribution in [2.75, 3.05) is 5.73 Å². The largest absolute Gasteiger partial charge is 0.399 e. The number of benzene rings is 3. The summed E-state index contributed by atoms with van der Waals surface area (Å²) in [5.74, 6) is 0.506. The van der Waals surface area contributed by atoms with Crippen LogP contribution in [0, 0.1) is 0 Å². The van der Waals surface area contributed by atoms with Crippen LogP contribution in [-0.4, -0.2) is 18.9 Å². The summed E-state index contributed by atoms with van der Waals surface area (Å²) in [5, 5.41) is 6.09. The molecule has 5 aromatic rings. The van der Waals surface area contributed by atoms with Crippen LogP contribution in [-0.2, 0) is 24.5 Å². The van der Waals surface area contributed by atoms with Crippen LogP contribution in [0.25, 0.3) is 27.7 Å². The first kappa shape index (κ1) is 27.5. The zero-order valence-electron chi connectivity index (χ0n) is 22.0. The predicted octanol–water partition coefficient (Wildman–Crippen LogP) is 6.00. The highest BCUT2D eigenvalue weighted by Crippen LogP contribution is 2.32. The number of allylic oxidation sites excluding steroid dienone is 1. The number of pyridine rings is 1. The van der Waals surface area contributed by atoms with Gasteiger partial charge in [0.1, 0.15) is 6.61 Å². The van der Waals surface area contributed by atoms with E-state index in [0.717, 1.165) is 5.56 Å². The molecule has 0 spiro atoms. The molecule has 0 unspecified atom stereocenters. The average molecular weight is 576 g/mol. The molecule has 8 nitrogen and oxygen atoms in total. The molecule has 0 bridgehead atoms. The Balaban J connectivity index is 1.59. The first-order valence-corrected chi connectivity index (χ1v) is 13.4. The van der Waals surface area contributed by atoms with Crippen molar-refractivity contribution < 1.29 is 4.74 Å². The second-order valence-electron chi connectivity index (χ2n) is 9.39. The molecule has 5 rings (SSSR count). The maximum atomic E-state index is 13.6. The molecule has 0 aliphatic carbocycles. The molecule has 2 heterocycles. The number of nitrogen functional groups attached to an aromatic ring is 1. The first-order valence-electron chi connectivity index (χ1n) is 12.6. The van der Waals surface area contributed by atoms with Gasteiger partial charge < -0.3 is 10.5 Å². The number of ether oxygens (including phenoxy) is 1. The Morgan fingerprint density at radius 3 is 2.35 bits per heavy atom. The molecule has 0 fully saturated rings. The summed E-state index contributed by atoms with van der Waals surface area (Å²) in [7, 11) is 0. The van der Waals surface area contributed by atoms with Gasteiger partial charge in [-0.2, -0.15) is 4.68 Å². The number of nitrogens with zero attached hydrogens (tertiary/aromatic N) is 4. The fraction of sp³-hybridized carbons (Fsp3) is 0.167. The first-order chi connectivity index (χ1) is 19.2. The molecule has 10 heteroatoms. The van der Waals surface area contributed by atoms with Gasteiger partial charge in [-0.05, 0) is 60.7 Å². The van der Waals surface area contributed by atoms with Crippen molar-refractivity contribution in [2.45, 2.75) is 33.6 Å². The highest BCUT2D eigenvalue weighted by Gasteiger charge is 2.19. The monoisotopic (exact) mass is 575 g/mol. The van der Waals surface area contributed by atoms with Gasteiger partial charge >= 0.3 is 5.69 Å². The molecule has 40 heavy (non-hydrogen) atoms. The SMILES string of the molecule is C=C(C)c1cn(-c2c(Cl)cc(N)cc2Cl)c(=O)c2ccc(-n3nc(COCc4ccccc4)n(CC)c3=O)cc12. The number of anilines is 1. The van der Waals surface area contributed by atoms with E-state index in [1.807, 2.05) is 44.2 Å². The number of hydrogen-bond acceptors (Lipinski definition) is 5. The smallest absolute Gasteiger partial charge is 0.350 e. The quantitative estimate of drug-likeness (QED) is 0.229. The lowest BCUT2D eigenvalue weighted by Gasteiger charge is -2.16. The van der Waals surface area contributed by atoms with Gasteiger partial charge in [-0.3, -0.25) is 13.9 Å². The van der Waals surface area contributed by atoms with Crippen molar-refractivity contribution >= 4 is 45.2 Å². The summed E-state index contributed by atoms with van der Waals surface area (Å²) in [6.45, 7) is 8.82. The Hall–Kier alpha value is -4.11. The normalized spacial score (nSPS) is 11.3. The summed E-state index contributed by atoms with van der Waals surface area (Å²) >= 11 is 12.9. The standard InChI is InChI=1S/C30H27Cl2N5O3/c1-4-35-27(17-40-16-19-8-6-5-7-9-19)34-37(30(35)39)21-10-11-22-23(14-21)24(18(2)3)15-36(29(22)38)28-25(31)12-20(33)13-26(28)32/h5-15H,2,4,16-17,33H2,1,3H3. The van der Waals surface area contributed by atoms with E-state index in [1.165, 1.54) is 9.25 Å². The van der Waals surface area contributed by atoms with E-state index in [-0.39, 0.29) is 27.9 Å². The summed E-state index contributed by atoms with van der Waals surface area (Å²) < 4.78 is 10.1. The minimum Gasteiger partial charge on any atom is -0.399 e. The van der Waals surface area contributed by atoms with Crippen LogP contribution < -0.4 is 17.0 Å². The maximum absolute atomic E-state index is 13.6. The van der Waals surface area contributed by atoms with E-state index >= 15 is 0 Å². The zero-order chi connectivity index (χ0) is 28.6.